The van der Waals surface area contributed by atoms with E-state index in [2.05, 4.69) is 40.9 Å². The summed E-state index contributed by atoms with van der Waals surface area (Å²) in [6, 6.07) is 9.12. The summed E-state index contributed by atoms with van der Waals surface area (Å²) in [7, 11) is 0. The van der Waals surface area contributed by atoms with Crippen molar-refractivity contribution in [3.63, 3.8) is 0 Å². The third-order valence-corrected chi connectivity index (χ3v) is 3.98. The van der Waals surface area contributed by atoms with Gasteiger partial charge in [-0.25, -0.2) is 9.97 Å². The molecule has 5 nitrogen and oxygen atoms in total. The summed E-state index contributed by atoms with van der Waals surface area (Å²) >= 11 is 7.29. The summed E-state index contributed by atoms with van der Waals surface area (Å²) < 4.78 is 5.68. The number of benzene rings is 1. The van der Waals surface area contributed by atoms with Gasteiger partial charge in [0.2, 0.25) is 5.89 Å². The lowest BCUT2D eigenvalue weighted by molar-refractivity contribution is 0.465. The second kappa shape index (κ2) is 6.29. The Hall–Kier alpha value is -1.92. The van der Waals surface area contributed by atoms with Crippen LogP contribution in [0.15, 0.2) is 51.2 Å². The van der Waals surface area contributed by atoms with Crippen molar-refractivity contribution in [1.82, 2.24) is 20.2 Å². The Labute approximate surface area is 143 Å². The van der Waals surface area contributed by atoms with E-state index in [1.165, 1.54) is 11.8 Å². The van der Waals surface area contributed by atoms with Gasteiger partial charge in [0.25, 0.3) is 5.22 Å². The Balaban J connectivity index is 1.82. The molecule has 0 aliphatic rings. The first kappa shape index (κ1) is 16.0. The number of nitrogens with zero attached hydrogens (tertiary/aromatic N) is 4. The fourth-order valence-corrected chi connectivity index (χ4v) is 2.67. The lowest BCUT2D eigenvalue weighted by Crippen LogP contribution is -2.15. The molecule has 2 aromatic heterocycles. The minimum atomic E-state index is -0.114. The standard InChI is InChI=1S/C16H15ClN4OS/c1-16(2,3)14-18-8-7-12(19-14)23-15-21-20-13(22-15)10-5-4-6-11(17)9-10/h4-9H,1-3H3. The van der Waals surface area contributed by atoms with Gasteiger partial charge in [-0.1, -0.05) is 38.4 Å². The zero-order valence-corrected chi connectivity index (χ0v) is 14.5. The predicted octanol–water partition coefficient (Wildman–Crippen LogP) is 4.63. The Bertz CT molecular complexity index is 829. The van der Waals surface area contributed by atoms with Crippen LogP contribution >= 0.6 is 23.4 Å². The average Bonchev–Trinajstić information content (AvgIpc) is 2.95. The van der Waals surface area contributed by atoms with Crippen molar-refractivity contribution in [2.24, 2.45) is 0 Å². The molecular weight excluding hydrogens is 332 g/mol. The highest BCUT2D eigenvalue weighted by Crippen LogP contribution is 2.29. The van der Waals surface area contributed by atoms with Crippen molar-refractivity contribution >= 4 is 23.4 Å². The van der Waals surface area contributed by atoms with Gasteiger partial charge in [-0.2, -0.15) is 0 Å². The third-order valence-electron chi connectivity index (χ3n) is 2.97. The third kappa shape index (κ3) is 3.89. The molecule has 7 heteroatoms. The van der Waals surface area contributed by atoms with Crippen molar-refractivity contribution in [2.75, 3.05) is 0 Å². The van der Waals surface area contributed by atoms with Crippen molar-refractivity contribution in [1.29, 1.82) is 0 Å². The fraction of sp³-hybridized carbons (Fsp3) is 0.250. The quantitative estimate of drug-likeness (QED) is 0.644. The zero-order valence-electron chi connectivity index (χ0n) is 12.9. The van der Waals surface area contributed by atoms with Crippen molar-refractivity contribution in [2.45, 2.75) is 36.4 Å². The molecule has 23 heavy (non-hydrogen) atoms. The van der Waals surface area contributed by atoms with Crippen LogP contribution in [0.4, 0.5) is 0 Å². The van der Waals surface area contributed by atoms with Crippen molar-refractivity contribution in [3.8, 4) is 11.5 Å². The minimum absolute atomic E-state index is 0.114. The van der Waals surface area contributed by atoms with Crippen LogP contribution in [-0.4, -0.2) is 20.2 Å². The van der Waals surface area contributed by atoms with Crippen molar-refractivity contribution in [3.05, 3.63) is 47.4 Å². The van der Waals surface area contributed by atoms with E-state index in [1.54, 1.807) is 18.3 Å². The highest BCUT2D eigenvalue weighted by molar-refractivity contribution is 7.99. The highest BCUT2D eigenvalue weighted by Gasteiger charge is 2.18. The topological polar surface area (TPSA) is 64.7 Å². The minimum Gasteiger partial charge on any atom is -0.411 e. The van der Waals surface area contributed by atoms with Crippen LogP contribution in [0.5, 0.6) is 0 Å². The molecule has 0 saturated heterocycles. The maximum Gasteiger partial charge on any atom is 0.283 e. The summed E-state index contributed by atoms with van der Waals surface area (Å²) in [4.78, 5) is 8.85. The van der Waals surface area contributed by atoms with Gasteiger partial charge in [-0.3, -0.25) is 0 Å². The first-order valence-electron chi connectivity index (χ1n) is 7.03. The number of rotatable bonds is 3. The van der Waals surface area contributed by atoms with E-state index in [0.29, 0.717) is 16.1 Å². The van der Waals surface area contributed by atoms with Gasteiger partial charge in [0, 0.05) is 22.2 Å². The highest BCUT2D eigenvalue weighted by atomic mass is 35.5. The van der Waals surface area contributed by atoms with E-state index in [1.807, 2.05) is 18.2 Å². The predicted molar refractivity (Wildman–Crippen MR) is 89.6 cm³/mol. The van der Waals surface area contributed by atoms with Crippen LogP contribution in [0, 0.1) is 0 Å². The van der Waals surface area contributed by atoms with Crippen LogP contribution in [0.3, 0.4) is 0 Å². The van der Waals surface area contributed by atoms with Gasteiger partial charge in [-0.15, -0.1) is 10.2 Å². The lowest BCUT2D eigenvalue weighted by Gasteiger charge is -2.16. The molecule has 1 aromatic carbocycles. The molecule has 0 unspecified atom stereocenters. The molecule has 0 amide bonds. The zero-order chi connectivity index (χ0) is 16.4. The van der Waals surface area contributed by atoms with Gasteiger partial charge in [0.1, 0.15) is 10.9 Å². The second-order valence-electron chi connectivity index (χ2n) is 5.95. The lowest BCUT2D eigenvalue weighted by atomic mass is 9.96. The summed E-state index contributed by atoms with van der Waals surface area (Å²) in [5.41, 5.74) is 0.673. The molecule has 3 aromatic rings. The largest absolute Gasteiger partial charge is 0.411 e. The van der Waals surface area contributed by atoms with Crippen LogP contribution in [0.1, 0.15) is 26.6 Å². The molecule has 0 N–H and O–H groups in total. The molecule has 0 aliphatic carbocycles. The van der Waals surface area contributed by atoms with E-state index < -0.39 is 0 Å². The molecular formula is C16H15ClN4OS. The molecule has 0 atom stereocenters. The van der Waals surface area contributed by atoms with Gasteiger partial charge < -0.3 is 4.42 Å². The van der Waals surface area contributed by atoms with Gasteiger partial charge in [-0.05, 0) is 36.0 Å². The Morgan fingerprint density at radius 1 is 1.13 bits per heavy atom. The van der Waals surface area contributed by atoms with E-state index in [9.17, 15) is 0 Å². The SMILES string of the molecule is CC(C)(C)c1nccc(Sc2nnc(-c3cccc(Cl)c3)o2)n1. The van der Waals surface area contributed by atoms with Crippen LogP contribution in [-0.2, 0) is 5.41 Å². The van der Waals surface area contributed by atoms with Crippen molar-refractivity contribution < 1.29 is 4.42 Å². The Morgan fingerprint density at radius 2 is 1.96 bits per heavy atom. The number of hydrogen-bond donors (Lipinski definition) is 0. The molecule has 0 saturated carbocycles. The maximum absolute atomic E-state index is 5.98. The first-order valence-corrected chi connectivity index (χ1v) is 8.22. The maximum atomic E-state index is 5.98. The number of halogens is 1. The van der Waals surface area contributed by atoms with Gasteiger partial charge in [0.15, 0.2) is 0 Å². The molecule has 0 bridgehead atoms. The van der Waals surface area contributed by atoms with Crippen LogP contribution in [0.25, 0.3) is 11.5 Å². The first-order chi connectivity index (χ1) is 10.9. The molecule has 0 aliphatic heterocycles. The molecule has 2 heterocycles. The summed E-state index contributed by atoms with van der Waals surface area (Å²) in [5.74, 6) is 1.21. The average molecular weight is 347 g/mol. The molecule has 118 valence electrons. The second-order valence-corrected chi connectivity index (χ2v) is 7.36. The van der Waals surface area contributed by atoms with E-state index in [0.717, 1.165) is 16.4 Å². The smallest absolute Gasteiger partial charge is 0.283 e. The van der Waals surface area contributed by atoms with Crippen LogP contribution < -0.4 is 0 Å². The number of hydrogen-bond acceptors (Lipinski definition) is 6. The normalized spacial score (nSPS) is 11.7. The Morgan fingerprint density at radius 3 is 2.70 bits per heavy atom. The fourth-order valence-electron chi connectivity index (χ4n) is 1.84. The van der Waals surface area contributed by atoms with Gasteiger partial charge in [0.05, 0.1) is 0 Å². The molecule has 0 spiro atoms. The van der Waals surface area contributed by atoms with E-state index >= 15 is 0 Å². The monoisotopic (exact) mass is 346 g/mol. The number of aromatic nitrogens is 4. The summed E-state index contributed by atoms with van der Waals surface area (Å²) in [6.07, 6.45) is 1.74. The summed E-state index contributed by atoms with van der Waals surface area (Å²) in [6.45, 7) is 6.21. The Kier molecular flexibility index (Phi) is 4.37. The van der Waals surface area contributed by atoms with Gasteiger partial charge >= 0.3 is 0 Å². The van der Waals surface area contributed by atoms with Crippen LogP contribution in [0.2, 0.25) is 5.02 Å². The molecule has 0 fully saturated rings. The van der Waals surface area contributed by atoms with E-state index in [-0.39, 0.29) is 5.41 Å². The summed E-state index contributed by atoms with van der Waals surface area (Å²) in [5, 5.41) is 9.93. The molecule has 0 radical (unpaired) electrons. The molecule has 3 rings (SSSR count). The van der Waals surface area contributed by atoms with E-state index in [4.69, 9.17) is 16.0 Å².